The Morgan fingerprint density at radius 2 is 2.00 bits per heavy atom. The smallest absolute Gasteiger partial charge is 0.274 e. The molecule has 0 aliphatic rings. The SMILES string of the molecule is CC(c1ccc(F)c(F)c1)N(C)C(=O)c1ncccc1N. The molecule has 2 N–H and O–H groups in total. The van der Waals surface area contributed by atoms with Crippen LogP contribution in [0.2, 0.25) is 0 Å². The van der Waals surface area contributed by atoms with Crippen LogP contribution in [-0.4, -0.2) is 22.8 Å². The van der Waals surface area contributed by atoms with Crippen LogP contribution < -0.4 is 5.73 Å². The van der Waals surface area contributed by atoms with Gasteiger partial charge >= 0.3 is 0 Å². The fourth-order valence-electron chi connectivity index (χ4n) is 1.94. The number of nitrogens with zero attached hydrogens (tertiary/aromatic N) is 2. The number of aromatic nitrogens is 1. The van der Waals surface area contributed by atoms with E-state index in [1.807, 2.05) is 0 Å². The number of amides is 1. The van der Waals surface area contributed by atoms with Gasteiger partial charge in [0.15, 0.2) is 17.3 Å². The quantitative estimate of drug-likeness (QED) is 0.946. The highest BCUT2D eigenvalue weighted by molar-refractivity contribution is 5.97. The van der Waals surface area contributed by atoms with E-state index in [2.05, 4.69) is 4.98 Å². The van der Waals surface area contributed by atoms with E-state index in [-0.39, 0.29) is 17.3 Å². The molecule has 1 heterocycles. The van der Waals surface area contributed by atoms with Gasteiger partial charge in [-0.15, -0.1) is 0 Å². The number of rotatable bonds is 3. The second-order valence-corrected chi connectivity index (χ2v) is 4.71. The molecule has 0 fully saturated rings. The Bertz CT molecular complexity index is 676. The lowest BCUT2D eigenvalue weighted by atomic mass is 10.1. The molecule has 0 radical (unpaired) electrons. The van der Waals surface area contributed by atoms with Crippen molar-refractivity contribution in [2.24, 2.45) is 0 Å². The van der Waals surface area contributed by atoms with Crippen LogP contribution in [0.4, 0.5) is 14.5 Å². The van der Waals surface area contributed by atoms with E-state index in [1.165, 1.54) is 17.2 Å². The summed E-state index contributed by atoms with van der Waals surface area (Å²) >= 11 is 0. The van der Waals surface area contributed by atoms with Crippen molar-refractivity contribution in [3.8, 4) is 0 Å². The number of benzene rings is 1. The van der Waals surface area contributed by atoms with Crippen molar-refractivity contribution in [1.29, 1.82) is 0 Å². The maximum absolute atomic E-state index is 13.3. The largest absolute Gasteiger partial charge is 0.397 e. The molecule has 1 atom stereocenters. The van der Waals surface area contributed by atoms with E-state index in [4.69, 9.17) is 5.73 Å². The molecule has 0 aliphatic carbocycles. The normalized spacial score (nSPS) is 12.0. The van der Waals surface area contributed by atoms with Crippen LogP contribution in [0.25, 0.3) is 0 Å². The zero-order valence-corrected chi connectivity index (χ0v) is 11.7. The number of pyridine rings is 1. The molecule has 2 aromatic rings. The molecule has 21 heavy (non-hydrogen) atoms. The van der Waals surface area contributed by atoms with Crippen molar-refractivity contribution >= 4 is 11.6 Å². The summed E-state index contributed by atoms with van der Waals surface area (Å²) in [5.41, 5.74) is 6.61. The lowest BCUT2D eigenvalue weighted by molar-refractivity contribution is 0.0737. The molecular weight excluding hydrogens is 276 g/mol. The number of nitrogen functional groups attached to an aromatic ring is 1. The fraction of sp³-hybridized carbons (Fsp3) is 0.200. The third-order valence-corrected chi connectivity index (χ3v) is 3.37. The summed E-state index contributed by atoms with van der Waals surface area (Å²) in [6.07, 6.45) is 1.47. The van der Waals surface area contributed by atoms with Gasteiger partial charge in [-0.2, -0.15) is 0 Å². The highest BCUT2D eigenvalue weighted by Gasteiger charge is 2.22. The van der Waals surface area contributed by atoms with Gasteiger partial charge in [-0.1, -0.05) is 6.07 Å². The molecule has 0 bridgehead atoms. The minimum Gasteiger partial charge on any atom is -0.397 e. The van der Waals surface area contributed by atoms with Crippen LogP contribution in [0, 0.1) is 11.6 Å². The van der Waals surface area contributed by atoms with E-state index in [0.717, 1.165) is 12.1 Å². The Hall–Kier alpha value is -2.50. The first kappa shape index (κ1) is 14.9. The van der Waals surface area contributed by atoms with Crippen LogP contribution in [0.1, 0.15) is 29.0 Å². The number of carbonyl (C=O) groups is 1. The van der Waals surface area contributed by atoms with Gasteiger partial charge in [0, 0.05) is 13.2 Å². The predicted octanol–water partition coefficient (Wildman–Crippen LogP) is 2.78. The van der Waals surface area contributed by atoms with Crippen molar-refractivity contribution in [1.82, 2.24) is 9.88 Å². The van der Waals surface area contributed by atoms with Gasteiger partial charge in [-0.05, 0) is 36.8 Å². The second kappa shape index (κ2) is 5.87. The minimum atomic E-state index is -0.947. The summed E-state index contributed by atoms with van der Waals surface area (Å²) in [4.78, 5) is 17.7. The van der Waals surface area contributed by atoms with Crippen molar-refractivity contribution in [3.63, 3.8) is 0 Å². The Kier molecular flexibility index (Phi) is 4.16. The number of carbonyl (C=O) groups excluding carboxylic acids is 1. The summed E-state index contributed by atoms with van der Waals surface area (Å²) in [6, 6.07) is 6.31. The van der Waals surface area contributed by atoms with Crippen molar-refractivity contribution in [2.75, 3.05) is 12.8 Å². The summed E-state index contributed by atoms with van der Waals surface area (Å²) in [6.45, 7) is 1.71. The molecule has 1 amide bonds. The molecule has 2 rings (SSSR count). The Morgan fingerprint density at radius 3 is 2.62 bits per heavy atom. The van der Waals surface area contributed by atoms with Gasteiger partial charge in [0.25, 0.3) is 5.91 Å². The summed E-state index contributed by atoms with van der Waals surface area (Å²) in [5.74, 6) is -2.25. The van der Waals surface area contributed by atoms with Crippen LogP contribution in [-0.2, 0) is 0 Å². The van der Waals surface area contributed by atoms with E-state index >= 15 is 0 Å². The molecule has 0 saturated heterocycles. The topological polar surface area (TPSA) is 59.2 Å². The van der Waals surface area contributed by atoms with Gasteiger partial charge in [0.2, 0.25) is 0 Å². The van der Waals surface area contributed by atoms with Gasteiger partial charge in [0.1, 0.15) is 0 Å². The maximum Gasteiger partial charge on any atom is 0.274 e. The van der Waals surface area contributed by atoms with Crippen LogP contribution in [0.15, 0.2) is 36.5 Å². The molecule has 1 aromatic heterocycles. The average molecular weight is 291 g/mol. The third-order valence-electron chi connectivity index (χ3n) is 3.37. The molecule has 110 valence electrons. The number of nitrogens with two attached hydrogens (primary N) is 1. The van der Waals surface area contributed by atoms with Gasteiger partial charge < -0.3 is 10.6 Å². The zero-order valence-electron chi connectivity index (χ0n) is 11.7. The monoisotopic (exact) mass is 291 g/mol. The zero-order chi connectivity index (χ0) is 15.6. The third kappa shape index (κ3) is 2.99. The van der Waals surface area contributed by atoms with E-state index in [0.29, 0.717) is 5.56 Å². The average Bonchev–Trinajstić information content (AvgIpc) is 2.48. The summed E-state index contributed by atoms with van der Waals surface area (Å²) in [7, 11) is 1.56. The molecule has 4 nitrogen and oxygen atoms in total. The predicted molar refractivity (Wildman–Crippen MR) is 75.5 cm³/mol. The Morgan fingerprint density at radius 1 is 1.29 bits per heavy atom. The van der Waals surface area contributed by atoms with E-state index in [9.17, 15) is 13.6 Å². The van der Waals surface area contributed by atoms with E-state index in [1.54, 1.807) is 26.1 Å². The summed E-state index contributed by atoms with van der Waals surface area (Å²) < 4.78 is 26.2. The van der Waals surface area contributed by atoms with Crippen LogP contribution in [0.3, 0.4) is 0 Å². The first-order chi connectivity index (χ1) is 9.91. The standard InChI is InChI=1S/C15H15F2N3O/c1-9(10-5-6-11(16)12(17)8-10)20(2)15(21)14-13(18)4-3-7-19-14/h3-9H,18H2,1-2H3. The molecule has 1 aromatic carbocycles. The first-order valence-electron chi connectivity index (χ1n) is 6.34. The number of hydrogen-bond donors (Lipinski definition) is 1. The maximum atomic E-state index is 13.3. The van der Waals surface area contributed by atoms with Crippen molar-refractivity contribution in [2.45, 2.75) is 13.0 Å². The van der Waals surface area contributed by atoms with Crippen molar-refractivity contribution < 1.29 is 13.6 Å². The molecule has 0 aliphatic heterocycles. The van der Waals surface area contributed by atoms with Crippen molar-refractivity contribution in [3.05, 3.63) is 59.4 Å². The number of halogens is 2. The van der Waals surface area contributed by atoms with Crippen LogP contribution in [0.5, 0.6) is 0 Å². The number of hydrogen-bond acceptors (Lipinski definition) is 3. The highest BCUT2D eigenvalue weighted by atomic mass is 19.2. The van der Waals surface area contributed by atoms with Gasteiger partial charge in [-0.25, -0.2) is 13.8 Å². The van der Waals surface area contributed by atoms with Crippen LogP contribution >= 0.6 is 0 Å². The van der Waals surface area contributed by atoms with Gasteiger partial charge in [-0.3, -0.25) is 4.79 Å². The Balaban J connectivity index is 2.26. The molecule has 0 spiro atoms. The molecule has 0 saturated carbocycles. The lowest BCUT2D eigenvalue weighted by Crippen LogP contribution is -2.31. The number of anilines is 1. The first-order valence-corrected chi connectivity index (χ1v) is 6.34. The van der Waals surface area contributed by atoms with E-state index < -0.39 is 17.7 Å². The summed E-state index contributed by atoms with van der Waals surface area (Å²) in [5, 5.41) is 0. The lowest BCUT2D eigenvalue weighted by Gasteiger charge is -2.25. The molecular formula is C15H15F2N3O. The molecule has 1 unspecified atom stereocenters. The highest BCUT2D eigenvalue weighted by Crippen LogP contribution is 2.23. The molecule has 6 heteroatoms. The fourth-order valence-corrected chi connectivity index (χ4v) is 1.94. The second-order valence-electron chi connectivity index (χ2n) is 4.71. The van der Waals surface area contributed by atoms with Gasteiger partial charge in [0.05, 0.1) is 11.7 Å². The minimum absolute atomic E-state index is 0.134. The Labute approximate surface area is 121 Å².